The molecule has 4 atom stereocenters. The number of esters is 2. The van der Waals surface area contributed by atoms with Gasteiger partial charge < -0.3 is 68.8 Å². The van der Waals surface area contributed by atoms with E-state index in [2.05, 4.69) is 67.0 Å². The van der Waals surface area contributed by atoms with Gasteiger partial charge in [0.2, 0.25) is 0 Å². The number of phenols is 1. The Balaban J connectivity index is 0.000000388. The van der Waals surface area contributed by atoms with Gasteiger partial charge in [-0.3, -0.25) is 14.4 Å². The molecule has 6 heterocycles. The minimum atomic E-state index is -0.506. The molecule has 6 aliphatic rings. The number of rotatable bonds is 13. The van der Waals surface area contributed by atoms with Crippen molar-refractivity contribution in [1.29, 1.82) is 0 Å². The Kier molecular flexibility index (Phi) is 31.6. The summed E-state index contributed by atoms with van der Waals surface area (Å²) in [5.74, 6) is 3.45. The molecule has 6 aromatic rings. The van der Waals surface area contributed by atoms with Crippen molar-refractivity contribution < 1.29 is 204 Å². The number of para-hydroxylation sites is 2. The van der Waals surface area contributed by atoms with Crippen molar-refractivity contribution in [3.05, 3.63) is 162 Å². The standard InChI is InChI=1S/C35H41N3O5.C20H22N2O3.C15H20BrNO2.CH2O3.CH4.CH3.2Cs.2H/c1-5-41-32(39)35-16-18-37(22-27(35)20-35)31-12-8-10-29(36-31)28-9-6-7-11-30(28)42-23-24-13-14-26-21-38(17-15-25(26)19-24)33(40)43-34(2,3)4;1-2-25-19(24)20-10-11-22(13-14(20)12-20)18-9-5-7-16(21-18)15-6-3-4-8-17(15)23;1-15(2,3)19-14(18)17-7-6-12-8-11(9-16)4-5-13(12)10-17;2-1-4-3;;;;;;/h6-14,19,27H,5,15-18,20-23H2,1-4H3;3-9,14,23H,2,10-13H2,1H3;4-5,8H,6-7,9-10H2,1-3H3;1,3H;1H4;1H3;;;;/q;;;;;-1;2*+1;2*-1/p-1/t27-,35+;14-,20+;;;;;;;;/m00......../s1/i;;;;;;;;1+1;. The van der Waals surface area contributed by atoms with Crippen molar-refractivity contribution in [3.63, 3.8) is 0 Å². The number of fused-ring (bicyclic) bond motifs is 4. The van der Waals surface area contributed by atoms with E-state index in [9.17, 15) is 24.3 Å². The molecule has 504 valence electrons. The van der Waals surface area contributed by atoms with E-state index < -0.39 is 11.2 Å². The smallest absolute Gasteiger partial charge is 1.00 e. The molecule has 4 fully saturated rings. The quantitative estimate of drug-likeness (QED) is 0.0228. The number of anilines is 2. The van der Waals surface area contributed by atoms with Gasteiger partial charge in [-0.2, -0.15) is 0 Å². The molecule has 2 aliphatic carbocycles. The Labute approximate surface area is 690 Å². The van der Waals surface area contributed by atoms with Gasteiger partial charge in [0.25, 0.3) is 6.47 Å². The number of pyridine rings is 2. The predicted octanol–water partition coefficient (Wildman–Crippen LogP) is 7.26. The third-order valence-corrected chi connectivity index (χ3v) is 17.9. The molecule has 0 unspecified atom stereocenters. The molecular weight excluding hydrogens is 1510 g/mol. The fourth-order valence-electron chi connectivity index (χ4n) is 12.4. The first kappa shape index (κ1) is 81.5. The van der Waals surface area contributed by atoms with Crippen molar-refractivity contribution in [1.82, 2.24) is 19.8 Å². The summed E-state index contributed by atoms with van der Waals surface area (Å²) in [5.41, 5.74) is 9.15. The Morgan fingerprint density at radius 1 is 0.642 bits per heavy atom. The average Bonchev–Trinajstić information content (AvgIpc) is 1.58. The monoisotopic (exact) mass is 1610 g/mol. The van der Waals surface area contributed by atoms with Crippen LogP contribution in [0.15, 0.2) is 121 Å². The number of amides is 2. The second kappa shape index (κ2) is 36.8. The van der Waals surface area contributed by atoms with Crippen LogP contribution in [0.2, 0.25) is 0 Å². The minimum Gasteiger partial charge on any atom is -1.00 e. The van der Waals surface area contributed by atoms with E-state index in [0.29, 0.717) is 51.3 Å². The second-order valence-electron chi connectivity index (χ2n) is 25.8. The first-order valence-electron chi connectivity index (χ1n) is 31.3. The Morgan fingerprint density at radius 2 is 1.08 bits per heavy atom. The van der Waals surface area contributed by atoms with Gasteiger partial charge in [0.05, 0.1) is 35.4 Å². The van der Waals surface area contributed by atoms with Crippen molar-refractivity contribution in [2.24, 2.45) is 22.7 Å². The molecule has 4 aromatic carbocycles. The van der Waals surface area contributed by atoms with E-state index in [-0.39, 0.29) is 203 Å². The molecule has 0 bridgehead atoms. The summed E-state index contributed by atoms with van der Waals surface area (Å²) >= 11 is 3.47. The SMILES string of the molecule is C.CC(C)(C)OC(=O)N1CCc2cc(CBr)ccc2C1.CCOC(=O)[C@@]12CCN(c3cccc(-c4ccccc4O)n3)C[C@@H]1C2.CCOC(=O)[C@@]12CCN(c3cccc(-c4ccccc4OCc4ccc5c(c4)CCN(C(=O)OC(C)(C)C)C5)n3)C[C@@H]1C2.O=CO[O-].[2H-].[CH3-].[Cs+].[Cs+].[H-]. The van der Waals surface area contributed by atoms with E-state index in [1.165, 1.54) is 22.3 Å². The predicted molar refractivity (Wildman–Crippen MR) is 362 cm³/mol. The van der Waals surface area contributed by atoms with E-state index in [0.717, 1.165) is 128 Å². The summed E-state index contributed by atoms with van der Waals surface area (Å²) in [4.78, 5) is 78.4. The average molecular weight is 1610 g/mol. The van der Waals surface area contributed by atoms with Crippen LogP contribution in [0.4, 0.5) is 21.2 Å². The van der Waals surface area contributed by atoms with Gasteiger partial charge in [-0.05, 0) is 188 Å². The molecule has 22 heteroatoms. The van der Waals surface area contributed by atoms with Crippen LogP contribution < -0.4 is 158 Å². The van der Waals surface area contributed by atoms with Gasteiger partial charge in [0, 0.05) is 68.8 Å². The molecule has 0 spiro atoms. The van der Waals surface area contributed by atoms with Gasteiger partial charge in [-0.15, -0.1) is 0 Å². The van der Waals surface area contributed by atoms with Gasteiger partial charge >= 0.3 is 162 Å². The number of carbonyl (C=O) groups excluding carboxylic acids is 5. The number of carbonyl (C=O) groups is 5. The van der Waals surface area contributed by atoms with Crippen molar-refractivity contribution in [2.45, 2.75) is 138 Å². The number of ether oxygens (including phenoxy) is 5. The molecule has 2 aromatic heterocycles. The number of phenolic OH excluding ortho intramolecular Hbond substituents is 1. The van der Waals surface area contributed by atoms with Crippen LogP contribution in [0.1, 0.15) is 125 Å². The Morgan fingerprint density at radius 3 is 1.53 bits per heavy atom. The maximum Gasteiger partial charge on any atom is 1.00 e. The number of hydrogen-bond donors (Lipinski definition) is 1. The number of halogens is 1. The first-order valence-corrected chi connectivity index (χ1v) is 32.5. The van der Waals surface area contributed by atoms with Gasteiger partial charge in [0.15, 0.2) is 0 Å². The fourth-order valence-corrected chi connectivity index (χ4v) is 12.8. The summed E-state index contributed by atoms with van der Waals surface area (Å²) < 4.78 is 28.0. The van der Waals surface area contributed by atoms with E-state index in [1.54, 1.807) is 21.9 Å². The van der Waals surface area contributed by atoms with Crippen LogP contribution in [-0.2, 0) is 76.1 Å². The molecule has 2 saturated heterocycles. The van der Waals surface area contributed by atoms with Crippen LogP contribution in [0.3, 0.4) is 0 Å². The van der Waals surface area contributed by atoms with Crippen LogP contribution >= 0.6 is 15.9 Å². The Hall–Kier alpha value is -4.13. The summed E-state index contributed by atoms with van der Waals surface area (Å²) in [6.07, 6.45) is 4.65. The van der Waals surface area contributed by atoms with Crippen LogP contribution in [0, 0.1) is 30.1 Å². The first-order chi connectivity index (χ1) is 43.6. The summed E-state index contributed by atoms with van der Waals surface area (Å²) in [7, 11) is 0. The largest absolute Gasteiger partial charge is 1.00 e. The molecular formula is C73H93BrCs2N6O13-2. The van der Waals surface area contributed by atoms with Crippen molar-refractivity contribution in [2.75, 3.05) is 62.3 Å². The van der Waals surface area contributed by atoms with E-state index >= 15 is 0 Å². The van der Waals surface area contributed by atoms with Crippen LogP contribution in [-0.4, -0.2) is 119 Å². The molecule has 4 aliphatic heterocycles. The number of hydrogen-bond acceptors (Lipinski definition) is 17. The van der Waals surface area contributed by atoms with Gasteiger partial charge in [-0.25, -0.2) is 19.6 Å². The zero-order chi connectivity index (χ0) is 65.1. The van der Waals surface area contributed by atoms with Crippen LogP contribution in [0.5, 0.6) is 11.5 Å². The van der Waals surface area contributed by atoms with Gasteiger partial charge in [0.1, 0.15) is 40.9 Å². The maximum absolute atomic E-state index is 12.5. The topological polar surface area (TPSA) is 223 Å². The molecule has 0 radical (unpaired) electrons. The van der Waals surface area contributed by atoms with Gasteiger partial charge in [-0.1, -0.05) is 96.2 Å². The number of nitrogens with zero attached hydrogens (tertiary/aromatic N) is 6. The second-order valence-corrected chi connectivity index (χ2v) is 26.4. The number of alkyl halides is 1. The summed E-state index contributed by atoms with van der Waals surface area (Å²) in [6, 6.07) is 40.0. The normalized spacial score (nSPS) is 19.2. The summed E-state index contributed by atoms with van der Waals surface area (Å²) in [5, 5.41) is 19.4. The van der Waals surface area contributed by atoms with Crippen LogP contribution in [0.25, 0.3) is 22.5 Å². The molecule has 2 saturated carbocycles. The molecule has 1 N–H and O–H groups in total. The van der Waals surface area contributed by atoms with Crippen molar-refractivity contribution >= 4 is 58.2 Å². The molecule has 12 rings (SSSR count). The Bertz CT molecular complexity index is 3580. The zero-order valence-electron chi connectivity index (χ0n) is 58.4. The third kappa shape index (κ3) is 21.4. The molecule has 19 nitrogen and oxygen atoms in total. The number of aromatic hydroxyl groups is 1. The van der Waals surface area contributed by atoms with Crippen molar-refractivity contribution in [3.8, 4) is 34.0 Å². The number of piperidine rings is 2. The molecule has 2 amide bonds. The third-order valence-electron chi connectivity index (χ3n) is 17.3. The fraction of sp³-hybridized carbons (Fsp3) is 0.452. The van der Waals surface area contributed by atoms with E-state index in [1.807, 2.05) is 128 Å². The zero-order valence-corrected chi connectivity index (χ0v) is 70.6. The molecule has 95 heavy (non-hydrogen) atoms. The van der Waals surface area contributed by atoms with E-state index in [4.69, 9.17) is 43.7 Å². The summed E-state index contributed by atoms with van der Waals surface area (Å²) in [6.45, 7) is 22.0. The number of aromatic nitrogens is 2. The minimum absolute atomic E-state index is 0. The number of benzene rings is 4. The maximum atomic E-state index is 12.5.